The Kier molecular flexibility index (Phi) is 1.11. The molecule has 1 aromatic rings. The Morgan fingerprint density at radius 3 is 3.29 bits per heavy atom. The van der Waals surface area contributed by atoms with E-state index < -0.39 is 0 Å². The van der Waals surface area contributed by atoms with Crippen molar-refractivity contribution in [2.45, 2.75) is 5.33 Å². The first-order valence-electron chi connectivity index (χ1n) is 2.40. The molecule has 0 aliphatic rings. The summed E-state index contributed by atoms with van der Waals surface area (Å²) in [5.74, 6) is 0. The van der Waals surface area contributed by atoms with Crippen molar-refractivity contribution in [2.24, 2.45) is 0 Å². The molecular formula is C4H5BrN2. The van der Waals surface area contributed by atoms with E-state index in [4.69, 9.17) is 1.37 Å². The van der Waals surface area contributed by atoms with Crippen LogP contribution in [0.3, 0.4) is 0 Å². The zero-order chi connectivity index (χ0) is 5.98. The number of hydrogen-bond donors (Lipinski definition) is 1. The maximum atomic E-state index is 6.93. The molecule has 7 heavy (non-hydrogen) atoms. The summed E-state index contributed by atoms with van der Waals surface area (Å²) in [6.07, 6.45) is 1.93. The van der Waals surface area contributed by atoms with Gasteiger partial charge in [-0.15, -0.1) is 0 Å². The predicted molar refractivity (Wildman–Crippen MR) is 31.2 cm³/mol. The summed E-state index contributed by atoms with van der Waals surface area (Å²) in [5, 5.41) is 0.711. The molecule has 3 heteroatoms. The second-order valence-corrected chi connectivity index (χ2v) is 1.70. The van der Waals surface area contributed by atoms with Crippen molar-refractivity contribution >= 4 is 15.9 Å². The van der Waals surface area contributed by atoms with Crippen LogP contribution < -0.4 is 0 Å². The average molecular weight is 162 g/mol. The Balaban J connectivity index is 2.84. The van der Waals surface area contributed by atoms with Crippen LogP contribution in [0.15, 0.2) is 12.5 Å². The molecule has 0 aliphatic heterocycles. The Morgan fingerprint density at radius 1 is 2.14 bits per heavy atom. The average Bonchev–Trinajstić information content (AvgIpc) is 2.14. The van der Waals surface area contributed by atoms with Gasteiger partial charge in [-0.25, -0.2) is 4.98 Å². The molecule has 1 heterocycles. The topological polar surface area (TPSA) is 28.7 Å². The molecule has 1 rings (SSSR count). The van der Waals surface area contributed by atoms with Gasteiger partial charge in [-0.2, -0.15) is 0 Å². The van der Waals surface area contributed by atoms with Crippen molar-refractivity contribution in [1.29, 1.82) is 0 Å². The summed E-state index contributed by atoms with van der Waals surface area (Å²) < 4.78 is 6.93. The van der Waals surface area contributed by atoms with E-state index in [1.807, 2.05) is 0 Å². The van der Waals surface area contributed by atoms with E-state index in [1.165, 1.54) is 0 Å². The van der Waals surface area contributed by atoms with Gasteiger partial charge in [-0.3, -0.25) is 0 Å². The monoisotopic (exact) mass is 161 g/mol. The molecule has 0 aliphatic carbocycles. The summed E-state index contributed by atoms with van der Waals surface area (Å²) in [6.45, 7) is 0. The van der Waals surface area contributed by atoms with E-state index in [9.17, 15) is 0 Å². The highest BCUT2D eigenvalue weighted by molar-refractivity contribution is 9.08. The smallest absolute Gasteiger partial charge is 0.104 e. The first kappa shape index (κ1) is 3.66. The van der Waals surface area contributed by atoms with Gasteiger partial charge < -0.3 is 4.98 Å². The van der Waals surface area contributed by atoms with Crippen molar-refractivity contribution in [1.82, 2.24) is 9.97 Å². The third-order valence-electron chi connectivity index (χ3n) is 0.640. The first-order chi connectivity index (χ1) is 3.83. The third kappa shape index (κ3) is 1.03. The van der Waals surface area contributed by atoms with Gasteiger partial charge in [0.25, 0.3) is 0 Å². The van der Waals surface area contributed by atoms with Gasteiger partial charge in [0.05, 0.1) is 12.0 Å². The lowest BCUT2D eigenvalue weighted by atomic mass is 10.6. The Hall–Kier alpha value is -0.310. The molecule has 1 N–H and O–H groups in total. The zero-order valence-electron chi connectivity index (χ0n) is 4.61. The lowest BCUT2D eigenvalue weighted by molar-refractivity contribution is 1.24. The van der Waals surface area contributed by atoms with Crippen LogP contribution in [0.2, 0.25) is 0 Å². The molecule has 0 fully saturated rings. The molecule has 0 aromatic carbocycles. The molecule has 0 radical (unpaired) electrons. The SMILES string of the molecule is [2H]c1nc(CBr)c[nH]1. The lowest BCUT2D eigenvalue weighted by Gasteiger charge is -1.75. The summed E-state index contributed by atoms with van der Waals surface area (Å²) in [4.78, 5) is 6.44. The van der Waals surface area contributed by atoms with Gasteiger partial charge in [0.2, 0.25) is 0 Å². The van der Waals surface area contributed by atoms with Crippen molar-refractivity contribution in [3.8, 4) is 0 Å². The summed E-state index contributed by atoms with van der Waals surface area (Å²) in [7, 11) is 0. The molecule has 0 atom stereocenters. The summed E-state index contributed by atoms with van der Waals surface area (Å²) in [6, 6.07) is 0. The van der Waals surface area contributed by atoms with Gasteiger partial charge in [-0.1, -0.05) is 15.9 Å². The maximum Gasteiger partial charge on any atom is 0.104 e. The van der Waals surface area contributed by atoms with Crippen LogP contribution in [0.5, 0.6) is 0 Å². The van der Waals surface area contributed by atoms with Crippen LogP contribution in [0.4, 0.5) is 0 Å². The van der Waals surface area contributed by atoms with Gasteiger partial charge in [0.1, 0.15) is 1.37 Å². The van der Waals surface area contributed by atoms with E-state index in [-0.39, 0.29) is 6.30 Å². The number of rotatable bonds is 1. The molecule has 38 valence electrons. The number of hydrogen-bond acceptors (Lipinski definition) is 1. The van der Waals surface area contributed by atoms with Crippen LogP contribution in [-0.4, -0.2) is 9.97 Å². The minimum atomic E-state index is 0.222. The highest BCUT2D eigenvalue weighted by atomic mass is 79.9. The minimum Gasteiger partial charge on any atom is -0.351 e. The highest BCUT2D eigenvalue weighted by Crippen LogP contribution is 1.96. The standard InChI is InChI=1S/C4H5BrN2/c5-1-4-2-6-3-7-4/h2-3H,1H2,(H,6,7)/i3D. The van der Waals surface area contributed by atoms with E-state index in [0.29, 0.717) is 5.33 Å². The van der Waals surface area contributed by atoms with Gasteiger partial charge in [0.15, 0.2) is 0 Å². The predicted octanol–water partition coefficient (Wildman–Crippen LogP) is 1.30. The van der Waals surface area contributed by atoms with Crippen molar-refractivity contribution in [2.75, 3.05) is 0 Å². The molecule has 0 bridgehead atoms. The van der Waals surface area contributed by atoms with E-state index >= 15 is 0 Å². The molecule has 1 aromatic heterocycles. The van der Waals surface area contributed by atoms with Crippen LogP contribution >= 0.6 is 15.9 Å². The second-order valence-electron chi connectivity index (χ2n) is 1.14. The number of aromatic amines is 1. The van der Waals surface area contributed by atoms with Crippen molar-refractivity contribution < 1.29 is 1.37 Å². The Labute approximate surface area is 51.5 Å². The molecule has 0 saturated heterocycles. The first-order valence-corrected chi connectivity index (χ1v) is 3.02. The lowest BCUT2D eigenvalue weighted by Crippen LogP contribution is -1.69. The van der Waals surface area contributed by atoms with Crippen LogP contribution in [0.25, 0.3) is 0 Å². The third-order valence-corrected chi connectivity index (χ3v) is 1.21. The number of imidazole rings is 1. The van der Waals surface area contributed by atoms with E-state index in [2.05, 4.69) is 25.9 Å². The fourth-order valence-corrected chi connectivity index (χ4v) is 0.608. The second kappa shape index (κ2) is 2.12. The number of nitrogens with one attached hydrogen (secondary N) is 1. The largest absolute Gasteiger partial charge is 0.351 e. The number of aromatic nitrogens is 2. The molecule has 2 nitrogen and oxygen atoms in total. The van der Waals surface area contributed by atoms with Gasteiger partial charge >= 0.3 is 0 Å². The summed E-state index contributed by atoms with van der Waals surface area (Å²) >= 11 is 3.20. The number of alkyl halides is 1. The van der Waals surface area contributed by atoms with Gasteiger partial charge in [0, 0.05) is 11.5 Å². The molecule has 0 saturated carbocycles. The molecule has 0 spiro atoms. The van der Waals surface area contributed by atoms with Crippen LogP contribution in [0.1, 0.15) is 7.06 Å². The highest BCUT2D eigenvalue weighted by Gasteiger charge is 1.84. The van der Waals surface area contributed by atoms with E-state index in [0.717, 1.165) is 5.69 Å². The number of H-pyrrole nitrogens is 1. The molecule has 0 amide bonds. The Morgan fingerprint density at radius 2 is 3.00 bits per heavy atom. The number of halogens is 1. The minimum absolute atomic E-state index is 0.222. The fourth-order valence-electron chi connectivity index (χ4n) is 0.320. The summed E-state index contributed by atoms with van der Waals surface area (Å²) in [5.41, 5.74) is 0.870. The zero-order valence-corrected chi connectivity index (χ0v) is 5.20. The molecule has 0 unspecified atom stereocenters. The quantitative estimate of drug-likeness (QED) is 0.619. The van der Waals surface area contributed by atoms with Crippen molar-refractivity contribution in [3.63, 3.8) is 0 Å². The Bertz CT molecular complexity index is 174. The van der Waals surface area contributed by atoms with Crippen molar-refractivity contribution in [3.05, 3.63) is 18.2 Å². The normalized spacial score (nSPS) is 11.3. The fraction of sp³-hybridized carbons (Fsp3) is 0.250. The number of nitrogens with zero attached hydrogens (tertiary/aromatic N) is 1. The van der Waals surface area contributed by atoms with E-state index in [1.54, 1.807) is 6.20 Å². The van der Waals surface area contributed by atoms with Crippen LogP contribution in [0, 0.1) is 0 Å². The molecular weight excluding hydrogens is 156 g/mol. The van der Waals surface area contributed by atoms with Crippen LogP contribution in [-0.2, 0) is 5.33 Å². The maximum absolute atomic E-state index is 6.93. The van der Waals surface area contributed by atoms with Gasteiger partial charge in [-0.05, 0) is 0 Å².